The third-order valence-electron chi connectivity index (χ3n) is 4.06. The van der Waals surface area contributed by atoms with E-state index in [1.165, 1.54) is 0 Å². The third-order valence-corrected chi connectivity index (χ3v) is 4.26. The summed E-state index contributed by atoms with van der Waals surface area (Å²) in [6.07, 6.45) is 7.22. The lowest BCUT2D eigenvalue weighted by Crippen LogP contribution is -2.58. The van der Waals surface area contributed by atoms with Gasteiger partial charge < -0.3 is 11.1 Å². The highest BCUT2D eigenvalue weighted by Crippen LogP contribution is 2.38. The molecule has 0 saturated heterocycles. The quantitative estimate of drug-likeness (QED) is 0.833. The Morgan fingerprint density at radius 2 is 2.53 bits per heavy atom. The molecule has 106 valence electrons. The van der Waals surface area contributed by atoms with Crippen LogP contribution in [-0.4, -0.2) is 27.8 Å². The van der Waals surface area contributed by atoms with Crippen LogP contribution in [0.3, 0.4) is 0 Å². The maximum Gasteiger partial charge on any atom is 0.238 e. The number of carbonyl (C=O) groups is 1. The number of likely N-dealkylation sites (N-methyl/N-ethyl adjacent to an activating group) is 1. The van der Waals surface area contributed by atoms with Crippen LogP contribution in [0.1, 0.15) is 32.6 Å². The number of amides is 1. The van der Waals surface area contributed by atoms with Crippen molar-refractivity contribution in [3.63, 3.8) is 0 Å². The van der Waals surface area contributed by atoms with Gasteiger partial charge in [-0.1, -0.05) is 24.9 Å². The van der Waals surface area contributed by atoms with E-state index < -0.39 is 5.54 Å². The average Bonchev–Trinajstić information content (AvgIpc) is 2.94. The number of aryl methyl sites for hydroxylation is 1. The van der Waals surface area contributed by atoms with Gasteiger partial charge in [0.1, 0.15) is 5.54 Å². The average molecular weight is 285 g/mol. The number of aromatic nitrogens is 2. The molecule has 1 fully saturated rings. The molecule has 3 N–H and O–H groups in total. The molecule has 2 rings (SSSR count). The number of primary amides is 1. The van der Waals surface area contributed by atoms with Crippen LogP contribution in [0.25, 0.3) is 0 Å². The van der Waals surface area contributed by atoms with Crippen molar-refractivity contribution in [1.82, 2.24) is 15.1 Å². The van der Waals surface area contributed by atoms with E-state index in [1.807, 2.05) is 11.6 Å². The first-order chi connectivity index (χ1) is 9.08. The fraction of sp³-hybridized carbons (Fsp3) is 0.692. The second-order valence-electron chi connectivity index (χ2n) is 5.17. The lowest BCUT2D eigenvalue weighted by molar-refractivity contribution is -0.126. The molecule has 2 atom stereocenters. The summed E-state index contributed by atoms with van der Waals surface area (Å²) >= 11 is 5.84. The molecule has 6 heteroatoms. The minimum atomic E-state index is -0.536. The van der Waals surface area contributed by atoms with Crippen LogP contribution in [0.5, 0.6) is 0 Å². The molecule has 1 aromatic heterocycles. The van der Waals surface area contributed by atoms with Gasteiger partial charge in [0.25, 0.3) is 0 Å². The minimum absolute atomic E-state index is 0.227. The van der Waals surface area contributed by atoms with Gasteiger partial charge in [0, 0.05) is 12.7 Å². The van der Waals surface area contributed by atoms with Crippen molar-refractivity contribution in [2.24, 2.45) is 11.7 Å². The van der Waals surface area contributed by atoms with Crippen molar-refractivity contribution in [3.8, 4) is 0 Å². The second kappa shape index (κ2) is 5.92. The molecule has 1 saturated carbocycles. The number of halogens is 1. The molecule has 1 amide bonds. The Morgan fingerprint density at radius 3 is 3.11 bits per heavy atom. The zero-order chi connectivity index (χ0) is 13.9. The van der Waals surface area contributed by atoms with Gasteiger partial charge in [-0.3, -0.25) is 9.48 Å². The number of nitrogens with zero attached hydrogens (tertiary/aromatic N) is 2. The second-order valence-corrected chi connectivity index (χ2v) is 5.60. The molecule has 0 spiro atoms. The Labute approximate surface area is 118 Å². The number of hydrogen-bond acceptors (Lipinski definition) is 3. The summed E-state index contributed by atoms with van der Waals surface area (Å²) in [7, 11) is 0. The van der Waals surface area contributed by atoms with Crippen molar-refractivity contribution in [2.75, 3.05) is 6.54 Å². The van der Waals surface area contributed by atoms with E-state index in [0.717, 1.165) is 38.8 Å². The SMILES string of the molecule is CCNC1(C(N)=O)CCCC1CCn1cc(Cl)cn1. The predicted molar refractivity (Wildman–Crippen MR) is 74.8 cm³/mol. The molecule has 0 aliphatic heterocycles. The van der Waals surface area contributed by atoms with Gasteiger partial charge in [0.05, 0.1) is 11.2 Å². The molecule has 0 bridgehead atoms. The molecule has 1 aromatic rings. The topological polar surface area (TPSA) is 72.9 Å². The van der Waals surface area contributed by atoms with Gasteiger partial charge in [-0.2, -0.15) is 5.10 Å². The maximum absolute atomic E-state index is 11.9. The molecule has 1 aliphatic carbocycles. The van der Waals surface area contributed by atoms with E-state index in [4.69, 9.17) is 17.3 Å². The van der Waals surface area contributed by atoms with Crippen molar-refractivity contribution < 1.29 is 4.79 Å². The van der Waals surface area contributed by atoms with E-state index in [0.29, 0.717) is 5.02 Å². The number of rotatable bonds is 6. The Kier molecular flexibility index (Phi) is 4.47. The zero-order valence-electron chi connectivity index (χ0n) is 11.2. The summed E-state index contributed by atoms with van der Waals surface area (Å²) in [5.74, 6) is 0.0447. The Morgan fingerprint density at radius 1 is 1.74 bits per heavy atom. The van der Waals surface area contributed by atoms with Crippen molar-refractivity contribution in [3.05, 3.63) is 17.4 Å². The van der Waals surface area contributed by atoms with Crippen molar-refractivity contribution in [2.45, 2.75) is 44.7 Å². The van der Waals surface area contributed by atoms with Crippen LogP contribution in [0.15, 0.2) is 12.4 Å². The molecule has 2 unspecified atom stereocenters. The largest absolute Gasteiger partial charge is 0.368 e. The summed E-state index contributed by atoms with van der Waals surface area (Å²) in [6.45, 7) is 3.53. The zero-order valence-corrected chi connectivity index (χ0v) is 12.0. The molecular weight excluding hydrogens is 264 g/mol. The monoisotopic (exact) mass is 284 g/mol. The van der Waals surface area contributed by atoms with Gasteiger partial charge >= 0.3 is 0 Å². The lowest BCUT2D eigenvalue weighted by atomic mass is 9.84. The van der Waals surface area contributed by atoms with Crippen LogP contribution < -0.4 is 11.1 Å². The van der Waals surface area contributed by atoms with Gasteiger partial charge in [-0.05, 0) is 31.7 Å². The first-order valence-electron chi connectivity index (χ1n) is 6.81. The number of nitrogens with two attached hydrogens (primary N) is 1. The fourth-order valence-electron chi connectivity index (χ4n) is 3.18. The van der Waals surface area contributed by atoms with Gasteiger partial charge in [-0.25, -0.2) is 0 Å². The summed E-state index contributed by atoms with van der Waals surface area (Å²) < 4.78 is 1.82. The van der Waals surface area contributed by atoms with E-state index >= 15 is 0 Å². The molecule has 5 nitrogen and oxygen atoms in total. The number of carbonyl (C=O) groups excluding carboxylic acids is 1. The first-order valence-corrected chi connectivity index (χ1v) is 7.19. The summed E-state index contributed by atoms with van der Waals surface area (Å²) in [5, 5.41) is 8.12. The van der Waals surface area contributed by atoms with Gasteiger partial charge in [0.2, 0.25) is 5.91 Å². The molecular formula is C13H21ClN4O. The highest BCUT2D eigenvalue weighted by molar-refractivity contribution is 6.30. The van der Waals surface area contributed by atoms with Gasteiger partial charge in [0.15, 0.2) is 0 Å². The molecule has 1 heterocycles. The molecule has 1 aliphatic rings. The fourth-order valence-corrected chi connectivity index (χ4v) is 3.33. The summed E-state index contributed by atoms with van der Waals surface area (Å²) in [4.78, 5) is 11.9. The van der Waals surface area contributed by atoms with Crippen molar-refractivity contribution >= 4 is 17.5 Å². The van der Waals surface area contributed by atoms with Crippen LogP contribution in [-0.2, 0) is 11.3 Å². The maximum atomic E-state index is 11.9. The Bertz CT molecular complexity index is 448. The van der Waals surface area contributed by atoms with E-state index in [1.54, 1.807) is 12.4 Å². The van der Waals surface area contributed by atoms with E-state index in [9.17, 15) is 4.79 Å². The Balaban J connectivity index is 2.03. The first kappa shape index (κ1) is 14.3. The van der Waals surface area contributed by atoms with E-state index in [2.05, 4.69) is 10.4 Å². The predicted octanol–water partition coefficient (Wildman–Crippen LogP) is 1.56. The van der Waals surface area contributed by atoms with Crippen LogP contribution in [0.4, 0.5) is 0 Å². The van der Waals surface area contributed by atoms with Crippen LogP contribution in [0.2, 0.25) is 5.02 Å². The smallest absolute Gasteiger partial charge is 0.238 e. The summed E-state index contributed by atoms with van der Waals surface area (Å²) in [5.41, 5.74) is 5.10. The molecule has 19 heavy (non-hydrogen) atoms. The summed E-state index contributed by atoms with van der Waals surface area (Å²) in [6, 6.07) is 0. The standard InChI is InChI=1S/C13H21ClN4O/c1-2-16-13(12(15)19)6-3-4-10(13)5-7-18-9-11(14)8-17-18/h8-10,16H,2-7H2,1H3,(H2,15,19). The lowest BCUT2D eigenvalue weighted by Gasteiger charge is -2.33. The number of nitrogens with one attached hydrogen (secondary N) is 1. The van der Waals surface area contributed by atoms with Crippen LogP contribution in [0, 0.1) is 5.92 Å². The highest BCUT2D eigenvalue weighted by atomic mass is 35.5. The number of hydrogen-bond donors (Lipinski definition) is 2. The highest BCUT2D eigenvalue weighted by Gasteiger charge is 2.46. The third kappa shape index (κ3) is 2.92. The normalized spacial score (nSPS) is 26.7. The Hall–Kier alpha value is -1.07. The van der Waals surface area contributed by atoms with Crippen molar-refractivity contribution in [1.29, 1.82) is 0 Å². The van der Waals surface area contributed by atoms with Gasteiger partial charge in [-0.15, -0.1) is 0 Å². The molecule has 0 radical (unpaired) electrons. The minimum Gasteiger partial charge on any atom is -0.368 e. The molecule has 0 aromatic carbocycles. The van der Waals surface area contributed by atoms with E-state index in [-0.39, 0.29) is 11.8 Å². The van der Waals surface area contributed by atoms with Crippen LogP contribution >= 0.6 is 11.6 Å².